The SMILES string of the molecule is CCOC(=O)/C=C/c1cccc(C2(C(=O)O)CCN(CC(F)(F)F)CC2)c1. The number of halogens is 3. The number of nitrogens with zero attached hydrogens (tertiary/aromatic N) is 1. The number of benzene rings is 1. The first-order chi connectivity index (χ1) is 12.7. The summed E-state index contributed by atoms with van der Waals surface area (Å²) in [5, 5.41) is 9.81. The number of carbonyl (C=O) groups excluding carboxylic acids is 1. The zero-order valence-electron chi connectivity index (χ0n) is 15.0. The van der Waals surface area contributed by atoms with Gasteiger partial charge in [-0.3, -0.25) is 9.69 Å². The molecule has 27 heavy (non-hydrogen) atoms. The Labute approximate surface area is 155 Å². The highest BCUT2D eigenvalue weighted by molar-refractivity contribution is 5.87. The maximum Gasteiger partial charge on any atom is 0.401 e. The normalized spacial score (nSPS) is 17.8. The van der Waals surface area contributed by atoms with Gasteiger partial charge in [-0.2, -0.15) is 13.2 Å². The van der Waals surface area contributed by atoms with Crippen molar-refractivity contribution < 1.29 is 32.6 Å². The number of likely N-dealkylation sites (tertiary alicyclic amines) is 1. The predicted octanol–water partition coefficient (Wildman–Crippen LogP) is 3.24. The zero-order valence-corrected chi connectivity index (χ0v) is 15.0. The van der Waals surface area contributed by atoms with Crippen molar-refractivity contribution in [2.75, 3.05) is 26.2 Å². The molecule has 0 aliphatic carbocycles. The van der Waals surface area contributed by atoms with Crippen molar-refractivity contribution in [1.82, 2.24) is 4.90 Å². The van der Waals surface area contributed by atoms with Crippen molar-refractivity contribution in [2.24, 2.45) is 0 Å². The molecule has 5 nitrogen and oxygen atoms in total. The van der Waals surface area contributed by atoms with E-state index in [9.17, 15) is 27.9 Å². The van der Waals surface area contributed by atoms with Crippen molar-refractivity contribution in [3.05, 3.63) is 41.5 Å². The lowest BCUT2D eigenvalue weighted by Gasteiger charge is -2.39. The van der Waals surface area contributed by atoms with Gasteiger partial charge >= 0.3 is 18.1 Å². The van der Waals surface area contributed by atoms with E-state index in [-0.39, 0.29) is 32.5 Å². The second-order valence-electron chi connectivity index (χ2n) is 6.49. The minimum absolute atomic E-state index is 0.0503. The summed E-state index contributed by atoms with van der Waals surface area (Å²) in [6, 6.07) is 6.71. The maximum atomic E-state index is 12.6. The molecule has 0 aromatic heterocycles. The lowest BCUT2D eigenvalue weighted by Crippen LogP contribution is -2.49. The molecule has 1 aliphatic rings. The average molecular weight is 385 g/mol. The number of esters is 1. The first-order valence-corrected chi connectivity index (χ1v) is 8.64. The first kappa shape index (κ1) is 21.0. The highest BCUT2D eigenvalue weighted by Gasteiger charge is 2.44. The van der Waals surface area contributed by atoms with Crippen LogP contribution in [0.1, 0.15) is 30.9 Å². The molecule has 8 heteroatoms. The number of carboxylic acid groups (broad SMARTS) is 1. The van der Waals surface area contributed by atoms with E-state index in [2.05, 4.69) is 0 Å². The van der Waals surface area contributed by atoms with Gasteiger partial charge in [-0.05, 0) is 50.1 Å². The van der Waals surface area contributed by atoms with E-state index in [1.54, 1.807) is 31.2 Å². The van der Waals surface area contributed by atoms with Gasteiger partial charge in [0.25, 0.3) is 0 Å². The van der Waals surface area contributed by atoms with Crippen molar-refractivity contribution in [3.63, 3.8) is 0 Å². The number of hydrogen-bond acceptors (Lipinski definition) is 4. The summed E-state index contributed by atoms with van der Waals surface area (Å²) >= 11 is 0. The number of piperidine rings is 1. The Kier molecular flexibility index (Phi) is 6.64. The molecule has 1 aromatic carbocycles. The van der Waals surface area contributed by atoms with Crippen molar-refractivity contribution >= 4 is 18.0 Å². The molecule has 148 valence electrons. The van der Waals surface area contributed by atoms with Crippen LogP contribution in [0.5, 0.6) is 0 Å². The number of hydrogen-bond donors (Lipinski definition) is 1. The molecule has 1 saturated heterocycles. The molecule has 0 saturated carbocycles. The molecular formula is C19H22F3NO4. The minimum atomic E-state index is -4.30. The first-order valence-electron chi connectivity index (χ1n) is 8.64. The number of rotatable bonds is 6. The van der Waals surface area contributed by atoms with Gasteiger partial charge in [0.2, 0.25) is 0 Å². The van der Waals surface area contributed by atoms with Gasteiger partial charge in [-0.1, -0.05) is 24.3 Å². The third kappa shape index (κ3) is 5.56. The summed E-state index contributed by atoms with van der Waals surface area (Å²) in [5.74, 6) is -1.56. The highest BCUT2D eigenvalue weighted by atomic mass is 19.4. The molecule has 0 bridgehead atoms. The number of alkyl halides is 3. The van der Waals surface area contributed by atoms with Crippen LogP contribution >= 0.6 is 0 Å². The molecule has 1 aliphatic heterocycles. The lowest BCUT2D eigenvalue weighted by atomic mass is 9.72. The Balaban J connectivity index is 2.19. The summed E-state index contributed by atoms with van der Waals surface area (Å²) in [7, 11) is 0. The largest absolute Gasteiger partial charge is 0.481 e. The van der Waals surface area contributed by atoms with Gasteiger partial charge in [0, 0.05) is 6.08 Å². The fourth-order valence-electron chi connectivity index (χ4n) is 3.27. The molecule has 0 atom stereocenters. The number of ether oxygens (including phenoxy) is 1. The fraction of sp³-hybridized carbons (Fsp3) is 0.474. The van der Waals surface area contributed by atoms with Crippen LogP contribution in [-0.4, -0.2) is 54.4 Å². The van der Waals surface area contributed by atoms with Crippen LogP contribution < -0.4 is 0 Å². The molecule has 0 spiro atoms. The van der Waals surface area contributed by atoms with Crippen molar-refractivity contribution in [2.45, 2.75) is 31.4 Å². The summed E-state index contributed by atoms with van der Waals surface area (Å²) in [5.41, 5.74) is -0.0952. The molecule has 1 fully saturated rings. The molecule has 0 unspecified atom stereocenters. The number of carbonyl (C=O) groups is 2. The van der Waals surface area contributed by atoms with Crippen LogP contribution in [0.3, 0.4) is 0 Å². The topological polar surface area (TPSA) is 66.8 Å². The number of carboxylic acids is 1. The van der Waals surface area contributed by atoms with E-state index in [4.69, 9.17) is 4.74 Å². The monoisotopic (exact) mass is 385 g/mol. The number of aliphatic carboxylic acids is 1. The molecule has 1 aromatic rings. The standard InChI is InChI=1S/C19H22F3NO4/c1-2-27-16(24)7-6-14-4-3-5-15(12-14)18(17(25)26)8-10-23(11-9-18)13-19(20,21)22/h3-7,12H,2,8-11,13H2,1H3,(H,25,26)/b7-6+. The molecule has 1 N–H and O–H groups in total. The van der Waals surface area contributed by atoms with Gasteiger partial charge in [-0.15, -0.1) is 0 Å². The summed E-state index contributed by atoms with van der Waals surface area (Å²) in [4.78, 5) is 24.7. The van der Waals surface area contributed by atoms with E-state index in [1.807, 2.05) is 0 Å². The van der Waals surface area contributed by atoms with E-state index in [0.29, 0.717) is 11.1 Å². The smallest absolute Gasteiger partial charge is 0.401 e. The van der Waals surface area contributed by atoms with Crippen molar-refractivity contribution in [3.8, 4) is 0 Å². The zero-order chi connectivity index (χ0) is 20.1. The van der Waals surface area contributed by atoms with Gasteiger partial charge in [0.05, 0.1) is 18.6 Å². The third-order valence-corrected chi connectivity index (χ3v) is 4.66. The van der Waals surface area contributed by atoms with Crippen LogP contribution in [0.25, 0.3) is 6.08 Å². The van der Waals surface area contributed by atoms with E-state index in [1.165, 1.54) is 17.1 Å². The second kappa shape index (κ2) is 8.56. The van der Waals surface area contributed by atoms with Gasteiger partial charge < -0.3 is 9.84 Å². The maximum absolute atomic E-state index is 12.6. The van der Waals surface area contributed by atoms with E-state index < -0.39 is 30.1 Å². The summed E-state index contributed by atoms with van der Waals surface area (Å²) in [6.07, 6.45) is -1.36. The fourth-order valence-corrected chi connectivity index (χ4v) is 3.27. The summed E-state index contributed by atoms with van der Waals surface area (Å²) in [6.45, 7) is 1.00. The van der Waals surface area contributed by atoms with Gasteiger partial charge in [-0.25, -0.2) is 4.79 Å². The molecule has 0 radical (unpaired) electrons. The lowest BCUT2D eigenvalue weighted by molar-refractivity contribution is -0.155. The minimum Gasteiger partial charge on any atom is -0.481 e. The van der Waals surface area contributed by atoms with E-state index in [0.717, 1.165) is 0 Å². The van der Waals surface area contributed by atoms with Crippen LogP contribution in [0, 0.1) is 0 Å². The Hall–Kier alpha value is -2.35. The van der Waals surface area contributed by atoms with Crippen LogP contribution in [-0.2, 0) is 19.7 Å². The molecule has 2 rings (SSSR count). The Bertz CT molecular complexity index is 707. The molecular weight excluding hydrogens is 363 g/mol. The molecule has 0 amide bonds. The second-order valence-corrected chi connectivity index (χ2v) is 6.49. The van der Waals surface area contributed by atoms with Crippen molar-refractivity contribution in [1.29, 1.82) is 0 Å². The Morgan fingerprint density at radius 2 is 1.96 bits per heavy atom. The van der Waals surface area contributed by atoms with Crippen LogP contribution in [0.2, 0.25) is 0 Å². The third-order valence-electron chi connectivity index (χ3n) is 4.66. The van der Waals surface area contributed by atoms with E-state index >= 15 is 0 Å². The quantitative estimate of drug-likeness (QED) is 0.602. The Morgan fingerprint density at radius 1 is 1.30 bits per heavy atom. The van der Waals surface area contributed by atoms with Gasteiger partial charge in [0.15, 0.2) is 0 Å². The van der Waals surface area contributed by atoms with Gasteiger partial charge in [0.1, 0.15) is 0 Å². The summed E-state index contributed by atoms with van der Waals surface area (Å²) < 4.78 is 42.5. The van der Waals surface area contributed by atoms with Crippen LogP contribution in [0.4, 0.5) is 13.2 Å². The average Bonchev–Trinajstić information content (AvgIpc) is 2.60. The molecule has 1 heterocycles. The Morgan fingerprint density at radius 3 is 2.52 bits per heavy atom. The predicted molar refractivity (Wildman–Crippen MR) is 93.2 cm³/mol. The van der Waals surface area contributed by atoms with Crippen LogP contribution in [0.15, 0.2) is 30.3 Å². The highest BCUT2D eigenvalue weighted by Crippen LogP contribution is 2.37.